The van der Waals surface area contributed by atoms with E-state index in [9.17, 15) is 9.59 Å². The number of aryl methyl sites for hydroxylation is 1. The fourth-order valence-electron chi connectivity index (χ4n) is 3.58. The molecule has 4 aromatic rings. The van der Waals surface area contributed by atoms with Gasteiger partial charge >= 0.3 is 0 Å². The van der Waals surface area contributed by atoms with Crippen LogP contribution in [0.3, 0.4) is 0 Å². The Morgan fingerprint density at radius 2 is 1.87 bits per heavy atom. The van der Waals surface area contributed by atoms with Gasteiger partial charge in [0.25, 0.3) is 11.5 Å². The van der Waals surface area contributed by atoms with Gasteiger partial charge in [-0.15, -0.1) is 0 Å². The number of hydrogen-bond acceptors (Lipinski definition) is 4. The highest BCUT2D eigenvalue weighted by Gasteiger charge is 2.18. The number of nitrogens with zero attached hydrogens (tertiary/aromatic N) is 3. The molecule has 0 unspecified atom stereocenters. The Labute approximate surface area is 179 Å². The van der Waals surface area contributed by atoms with Crippen LogP contribution in [0.4, 0.5) is 0 Å². The lowest BCUT2D eigenvalue weighted by molar-refractivity contribution is 0.0946. The third-order valence-corrected chi connectivity index (χ3v) is 5.23. The first-order chi connectivity index (χ1) is 14.9. The minimum Gasteiger partial charge on any atom is -0.352 e. The topological polar surface area (TPSA) is 92.3 Å². The van der Waals surface area contributed by atoms with Gasteiger partial charge in [0.2, 0.25) is 0 Å². The van der Waals surface area contributed by atoms with Gasteiger partial charge in [0.1, 0.15) is 16.8 Å². The zero-order valence-electron chi connectivity index (χ0n) is 17.8. The number of pyridine rings is 2. The molecule has 31 heavy (non-hydrogen) atoms. The van der Waals surface area contributed by atoms with Crippen LogP contribution in [0, 0.1) is 18.3 Å². The molecule has 0 bridgehead atoms. The molecule has 1 aromatic carbocycles. The molecule has 0 aliphatic heterocycles. The molecule has 3 heterocycles. The van der Waals surface area contributed by atoms with E-state index >= 15 is 0 Å². The summed E-state index contributed by atoms with van der Waals surface area (Å²) in [5.74, 6) is -0.0922. The fraction of sp³-hybridized carbons (Fsp3) is 0.250. The van der Waals surface area contributed by atoms with Gasteiger partial charge in [-0.2, -0.15) is 0 Å². The van der Waals surface area contributed by atoms with Crippen molar-refractivity contribution in [1.82, 2.24) is 19.3 Å². The number of carbonyl (C=O) groups excluding carboxylic acids is 1. The normalized spacial score (nSPS) is 11.4. The molecule has 158 valence electrons. The molecule has 3 aromatic heterocycles. The number of benzene rings is 1. The van der Waals surface area contributed by atoms with Crippen molar-refractivity contribution in [2.45, 2.75) is 27.3 Å². The van der Waals surface area contributed by atoms with Crippen LogP contribution in [0.1, 0.15) is 35.3 Å². The van der Waals surface area contributed by atoms with E-state index in [-0.39, 0.29) is 28.4 Å². The molecule has 0 aliphatic rings. The Hall–Kier alpha value is -3.74. The van der Waals surface area contributed by atoms with Crippen molar-refractivity contribution >= 4 is 22.6 Å². The highest BCUT2D eigenvalue weighted by atomic mass is 16.1. The number of aromatic nitrogens is 3. The zero-order chi connectivity index (χ0) is 22.1. The van der Waals surface area contributed by atoms with Crippen molar-refractivity contribution in [2.75, 3.05) is 6.54 Å². The van der Waals surface area contributed by atoms with Crippen LogP contribution in [0.5, 0.6) is 0 Å². The summed E-state index contributed by atoms with van der Waals surface area (Å²) in [6.07, 6.45) is 1.67. The summed E-state index contributed by atoms with van der Waals surface area (Å²) in [7, 11) is 0. The first-order valence-corrected chi connectivity index (χ1v) is 10.3. The third kappa shape index (κ3) is 3.86. The van der Waals surface area contributed by atoms with Gasteiger partial charge in [0.05, 0.1) is 17.5 Å². The van der Waals surface area contributed by atoms with E-state index in [2.05, 4.69) is 5.32 Å². The lowest BCUT2D eigenvalue weighted by Crippen LogP contribution is -2.36. The summed E-state index contributed by atoms with van der Waals surface area (Å²) in [5.41, 5.74) is 2.68. The second-order valence-electron chi connectivity index (χ2n) is 8.12. The lowest BCUT2D eigenvalue weighted by atomic mass is 10.1. The smallest absolute Gasteiger partial charge is 0.267 e. The Kier molecular flexibility index (Phi) is 5.42. The van der Waals surface area contributed by atoms with E-state index < -0.39 is 0 Å². The highest BCUT2D eigenvalue weighted by molar-refractivity contribution is 5.96. The van der Waals surface area contributed by atoms with Crippen LogP contribution in [-0.4, -0.2) is 26.4 Å². The van der Waals surface area contributed by atoms with Gasteiger partial charge in [-0.1, -0.05) is 50.2 Å². The minimum atomic E-state index is -0.365. The second kappa shape index (κ2) is 8.18. The van der Waals surface area contributed by atoms with Crippen LogP contribution >= 0.6 is 0 Å². The maximum Gasteiger partial charge on any atom is 0.267 e. The maximum atomic E-state index is 13.3. The average molecular weight is 415 g/mol. The van der Waals surface area contributed by atoms with Gasteiger partial charge in [-0.3, -0.25) is 19.4 Å². The highest BCUT2D eigenvalue weighted by Crippen LogP contribution is 2.14. The first kappa shape index (κ1) is 20.5. The Bertz CT molecular complexity index is 1400. The quantitative estimate of drug-likeness (QED) is 0.491. The molecule has 0 saturated carbocycles. The van der Waals surface area contributed by atoms with Gasteiger partial charge in [-0.25, -0.2) is 4.98 Å². The van der Waals surface area contributed by atoms with E-state index in [1.165, 1.54) is 10.5 Å². The Morgan fingerprint density at radius 1 is 1.13 bits per heavy atom. The van der Waals surface area contributed by atoms with Gasteiger partial charge in [0, 0.05) is 12.7 Å². The van der Waals surface area contributed by atoms with Crippen molar-refractivity contribution in [3.8, 4) is 0 Å². The van der Waals surface area contributed by atoms with Crippen LogP contribution in [-0.2, 0) is 6.54 Å². The standard InChI is InChI=1S/C24H25N5O2/c1-15(2)13-26-23(30)18-12-19-22(27-21-16(3)8-7-11-28(21)24(19)31)29(20(18)25)14-17-9-5-4-6-10-17/h4-12,15,25H,13-14H2,1-3H3,(H,26,30). The Morgan fingerprint density at radius 3 is 2.58 bits per heavy atom. The van der Waals surface area contributed by atoms with Gasteiger partial charge < -0.3 is 9.88 Å². The zero-order valence-corrected chi connectivity index (χ0v) is 17.8. The predicted molar refractivity (Wildman–Crippen MR) is 120 cm³/mol. The summed E-state index contributed by atoms with van der Waals surface area (Å²) in [6.45, 7) is 6.72. The molecule has 0 aliphatic carbocycles. The Balaban J connectivity index is 2.02. The summed E-state index contributed by atoms with van der Waals surface area (Å²) in [4.78, 5) is 30.9. The summed E-state index contributed by atoms with van der Waals surface area (Å²) in [5, 5.41) is 11.9. The SMILES string of the molecule is Cc1cccn2c(=O)c3cc(C(=O)NCC(C)C)c(=N)n(Cc4ccccc4)c3nc12. The van der Waals surface area contributed by atoms with Crippen molar-refractivity contribution in [3.05, 3.63) is 87.3 Å². The largest absolute Gasteiger partial charge is 0.352 e. The van der Waals surface area contributed by atoms with Crippen molar-refractivity contribution in [3.63, 3.8) is 0 Å². The van der Waals surface area contributed by atoms with E-state index in [4.69, 9.17) is 10.4 Å². The summed E-state index contributed by atoms with van der Waals surface area (Å²) < 4.78 is 3.13. The fourth-order valence-corrected chi connectivity index (χ4v) is 3.58. The van der Waals surface area contributed by atoms with Crippen LogP contribution in [0.2, 0.25) is 0 Å². The molecule has 2 N–H and O–H groups in total. The molecule has 7 nitrogen and oxygen atoms in total. The molecular formula is C24H25N5O2. The average Bonchev–Trinajstić information content (AvgIpc) is 2.75. The molecule has 0 radical (unpaired) electrons. The number of hydrogen-bond donors (Lipinski definition) is 2. The predicted octanol–water partition coefficient (Wildman–Crippen LogP) is 2.87. The number of fused-ring (bicyclic) bond motifs is 2. The minimum absolute atomic E-state index is 0.0300. The molecule has 0 saturated heterocycles. The van der Waals surface area contributed by atoms with Crippen LogP contribution in [0.15, 0.2) is 59.5 Å². The number of amides is 1. The maximum absolute atomic E-state index is 13.3. The molecular weight excluding hydrogens is 390 g/mol. The first-order valence-electron chi connectivity index (χ1n) is 10.3. The molecule has 7 heteroatoms. The van der Waals surface area contributed by atoms with E-state index in [1.54, 1.807) is 16.8 Å². The molecule has 0 spiro atoms. The van der Waals surface area contributed by atoms with Gasteiger partial charge in [-0.05, 0) is 36.1 Å². The van der Waals surface area contributed by atoms with Crippen molar-refractivity contribution < 1.29 is 4.79 Å². The molecule has 0 atom stereocenters. The van der Waals surface area contributed by atoms with E-state index in [0.29, 0.717) is 29.8 Å². The lowest BCUT2D eigenvalue weighted by Gasteiger charge is -2.16. The van der Waals surface area contributed by atoms with Crippen molar-refractivity contribution in [1.29, 1.82) is 5.41 Å². The molecule has 0 fully saturated rings. The molecule has 4 rings (SSSR count). The third-order valence-electron chi connectivity index (χ3n) is 5.23. The summed E-state index contributed by atoms with van der Waals surface area (Å²) >= 11 is 0. The second-order valence-corrected chi connectivity index (χ2v) is 8.12. The number of rotatable bonds is 5. The van der Waals surface area contributed by atoms with Crippen LogP contribution in [0.25, 0.3) is 16.7 Å². The van der Waals surface area contributed by atoms with Gasteiger partial charge in [0.15, 0.2) is 0 Å². The molecule has 1 amide bonds. The summed E-state index contributed by atoms with van der Waals surface area (Å²) in [6, 6.07) is 14.8. The monoisotopic (exact) mass is 415 g/mol. The number of nitrogens with one attached hydrogen (secondary N) is 2. The number of carbonyl (C=O) groups is 1. The van der Waals surface area contributed by atoms with Crippen molar-refractivity contribution in [2.24, 2.45) is 5.92 Å². The van der Waals surface area contributed by atoms with E-state index in [0.717, 1.165) is 11.1 Å². The van der Waals surface area contributed by atoms with E-state index in [1.807, 2.05) is 57.2 Å². The van der Waals surface area contributed by atoms with Crippen LogP contribution < -0.4 is 16.4 Å².